The van der Waals surface area contributed by atoms with Crippen molar-refractivity contribution in [1.29, 1.82) is 0 Å². The van der Waals surface area contributed by atoms with Gasteiger partial charge >= 0.3 is 5.97 Å². The van der Waals surface area contributed by atoms with E-state index in [9.17, 15) is 14.0 Å². The molecule has 0 bridgehead atoms. The Bertz CT molecular complexity index is 900. The lowest BCUT2D eigenvalue weighted by Crippen LogP contribution is -2.22. The molecule has 0 spiro atoms. The Morgan fingerprint density at radius 3 is 2.83 bits per heavy atom. The molecule has 0 unspecified atom stereocenters. The van der Waals surface area contributed by atoms with Gasteiger partial charge in [0.15, 0.2) is 0 Å². The first-order valence-electron chi connectivity index (χ1n) is 7.38. The number of thiophene rings is 1. The molecular formula is C17H15FN2O3S. The molecule has 0 saturated carbocycles. The zero-order valence-corrected chi connectivity index (χ0v) is 13.7. The molecular weight excluding hydrogens is 331 g/mol. The Hall–Kier alpha value is -2.67. The Balaban J connectivity index is 1.87. The van der Waals surface area contributed by atoms with Crippen molar-refractivity contribution >= 4 is 39.1 Å². The van der Waals surface area contributed by atoms with Crippen LogP contribution in [0.5, 0.6) is 0 Å². The van der Waals surface area contributed by atoms with Crippen molar-refractivity contribution in [2.75, 3.05) is 11.9 Å². The molecule has 0 fully saturated rings. The Morgan fingerprint density at radius 2 is 2.08 bits per heavy atom. The number of carbonyl (C=O) groups is 2. The third-order valence-corrected chi connectivity index (χ3v) is 4.39. The van der Waals surface area contributed by atoms with Crippen molar-refractivity contribution in [2.45, 2.75) is 13.5 Å². The third kappa shape index (κ3) is 3.16. The van der Waals surface area contributed by atoms with Crippen molar-refractivity contribution in [3.63, 3.8) is 0 Å². The highest BCUT2D eigenvalue weighted by Crippen LogP contribution is 2.26. The number of fused-ring (bicyclic) bond motifs is 1. The molecule has 1 amide bonds. The minimum absolute atomic E-state index is 0.105. The quantitative estimate of drug-likeness (QED) is 0.717. The second-order valence-electron chi connectivity index (χ2n) is 5.05. The van der Waals surface area contributed by atoms with E-state index in [1.54, 1.807) is 29.7 Å². The number of rotatable bonds is 5. The van der Waals surface area contributed by atoms with Crippen LogP contribution in [0, 0.1) is 5.82 Å². The minimum atomic E-state index is -0.509. The molecule has 3 rings (SSSR count). The standard InChI is InChI=1S/C17H15FN2O3S/c1-2-23-17(22)14-9-11-7-8-24-16(11)20(14)10-15(21)19-13-6-4-3-5-12(13)18/h3-9H,2,10H2,1H3,(H,19,21). The molecule has 2 aromatic heterocycles. The van der Waals surface area contributed by atoms with Gasteiger partial charge in [-0.25, -0.2) is 9.18 Å². The van der Waals surface area contributed by atoms with E-state index in [0.717, 1.165) is 10.2 Å². The number of benzene rings is 1. The van der Waals surface area contributed by atoms with Crippen LogP contribution in [0.3, 0.4) is 0 Å². The van der Waals surface area contributed by atoms with Crippen LogP contribution >= 0.6 is 11.3 Å². The van der Waals surface area contributed by atoms with E-state index < -0.39 is 17.7 Å². The first kappa shape index (κ1) is 16.2. The van der Waals surface area contributed by atoms with Crippen LogP contribution < -0.4 is 5.32 Å². The first-order chi connectivity index (χ1) is 11.6. The summed E-state index contributed by atoms with van der Waals surface area (Å²) in [5, 5.41) is 5.26. The van der Waals surface area contributed by atoms with Gasteiger partial charge in [-0.2, -0.15) is 0 Å². The second-order valence-corrected chi connectivity index (χ2v) is 5.94. The molecule has 0 radical (unpaired) electrons. The highest BCUT2D eigenvalue weighted by atomic mass is 32.1. The van der Waals surface area contributed by atoms with Gasteiger partial charge in [0.25, 0.3) is 0 Å². The number of aromatic nitrogens is 1. The number of nitrogens with one attached hydrogen (secondary N) is 1. The minimum Gasteiger partial charge on any atom is -0.461 e. The zero-order chi connectivity index (χ0) is 17.1. The third-order valence-electron chi connectivity index (χ3n) is 3.44. The normalized spacial score (nSPS) is 10.8. The molecule has 3 aromatic rings. The maximum Gasteiger partial charge on any atom is 0.355 e. The molecule has 1 aromatic carbocycles. The summed E-state index contributed by atoms with van der Waals surface area (Å²) in [5.74, 6) is -1.42. The molecule has 7 heteroatoms. The van der Waals surface area contributed by atoms with E-state index in [-0.39, 0.29) is 18.8 Å². The Labute approximate surface area is 141 Å². The van der Waals surface area contributed by atoms with Gasteiger partial charge in [0.1, 0.15) is 22.9 Å². The summed E-state index contributed by atoms with van der Waals surface area (Å²) in [6, 6.07) is 9.50. The van der Waals surface area contributed by atoms with E-state index in [1.807, 2.05) is 11.4 Å². The number of ether oxygens (including phenoxy) is 1. The summed E-state index contributed by atoms with van der Waals surface area (Å²) >= 11 is 1.42. The van der Waals surface area contributed by atoms with Crippen LogP contribution in [-0.2, 0) is 16.1 Å². The fourth-order valence-corrected chi connectivity index (χ4v) is 3.30. The average Bonchev–Trinajstić information content (AvgIpc) is 3.12. The molecule has 124 valence electrons. The van der Waals surface area contributed by atoms with Crippen molar-refractivity contribution in [3.05, 3.63) is 53.3 Å². The fraction of sp³-hybridized carbons (Fsp3) is 0.176. The maximum atomic E-state index is 13.6. The zero-order valence-electron chi connectivity index (χ0n) is 12.9. The molecule has 0 aliphatic carbocycles. The van der Waals surface area contributed by atoms with Gasteiger partial charge in [0, 0.05) is 5.39 Å². The molecule has 24 heavy (non-hydrogen) atoms. The number of anilines is 1. The van der Waals surface area contributed by atoms with Crippen LogP contribution in [0.25, 0.3) is 10.2 Å². The lowest BCUT2D eigenvalue weighted by Gasteiger charge is -2.10. The predicted octanol–water partition coefficient (Wildman–Crippen LogP) is 3.66. The van der Waals surface area contributed by atoms with E-state index in [4.69, 9.17) is 4.74 Å². The first-order valence-corrected chi connectivity index (χ1v) is 8.26. The van der Waals surface area contributed by atoms with E-state index in [0.29, 0.717) is 5.69 Å². The fourth-order valence-electron chi connectivity index (χ4n) is 2.40. The van der Waals surface area contributed by atoms with Gasteiger partial charge in [-0.1, -0.05) is 12.1 Å². The van der Waals surface area contributed by atoms with Gasteiger partial charge in [-0.15, -0.1) is 11.3 Å². The number of esters is 1. The smallest absolute Gasteiger partial charge is 0.355 e. The Kier molecular flexibility index (Phi) is 4.61. The van der Waals surface area contributed by atoms with Crippen molar-refractivity contribution < 1.29 is 18.7 Å². The second kappa shape index (κ2) is 6.84. The van der Waals surface area contributed by atoms with Crippen molar-refractivity contribution in [3.8, 4) is 0 Å². The number of amides is 1. The largest absolute Gasteiger partial charge is 0.461 e. The number of para-hydroxylation sites is 1. The lowest BCUT2D eigenvalue weighted by atomic mass is 10.3. The van der Waals surface area contributed by atoms with Crippen LogP contribution in [0.15, 0.2) is 41.8 Å². The van der Waals surface area contributed by atoms with Gasteiger partial charge in [-0.05, 0) is 36.6 Å². The van der Waals surface area contributed by atoms with E-state index >= 15 is 0 Å². The van der Waals surface area contributed by atoms with Crippen LogP contribution in [-0.4, -0.2) is 23.1 Å². The van der Waals surface area contributed by atoms with Crippen LogP contribution in [0.4, 0.5) is 10.1 Å². The molecule has 0 saturated heterocycles. The van der Waals surface area contributed by atoms with Crippen molar-refractivity contribution in [2.24, 2.45) is 0 Å². The van der Waals surface area contributed by atoms with Crippen molar-refractivity contribution in [1.82, 2.24) is 4.57 Å². The molecule has 1 N–H and O–H groups in total. The number of halogens is 1. The monoisotopic (exact) mass is 346 g/mol. The van der Waals surface area contributed by atoms with Crippen LogP contribution in [0.2, 0.25) is 0 Å². The Morgan fingerprint density at radius 1 is 1.29 bits per heavy atom. The maximum absolute atomic E-state index is 13.6. The number of carbonyl (C=O) groups excluding carboxylic acids is 2. The highest BCUT2D eigenvalue weighted by Gasteiger charge is 2.19. The predicted molar refractivity (Wildman–Crippen MR) is 90.8 cm³/mol. The molecule has 0 atom stereocenters. The lowest BCUT2D eigenvalue weighted by molar-refractivity contribution is -0.116. The van der Waals surface area contributed by atoms with Gasteiger partial charge in [0.2, 0.25) is 5.91 Å². The number of nitrogens with zero attached hydrogens (tertiary/aromatic N) is 1. The summed E-state index contributed by atoms with van der Waals surface area (Å²) < 4.78 is 20.3. The van der Waals surface area contributed by atoms with Gasteiger partial charge < -0.3 is 14.6 Å². The molecule has 5 nitrogen and oxygen atoms in total. The summed E-state index contributed by atoms with van der Waals surface area (Å²) in [6.07, 6.45) is 0. The number of hydrogen-bond acceptors (Lipinski definition) is 4. The summed E-state index contributed by atoms with van der Waals surface area (Å²) in [6.45, 7) is 1.87. The number of hydrogen-bond donors (Lipinski definition) is 1. The average molecular weight is 346 g/mol. The summed E-state index contributed by atoms with van der Waals surface area (Å²) in [4.78, 5) is 25.2. The highest BCUT2D eigenvalue weighted by molar-refractivity contribution is 7.16. The topological polar surface area (TPSA) is 60.3 Å². The summed E-state index contributed by atoms with van der Waals surface area (Å²) in [7, 11) is 0. The molecule has 0 aliphatic heterocycles. The molecule has 2 heterocycles. The SMILES string of the molecule is CCOC(=O)c1cc2ccsc2n1CC(=O)Nc1ccccc1F. The van der Waals surface area contributed by atoms with E-state index in [2.05, 4.69) is 5.32 Å². The summed E-state index contributed by atoms with van der Waals surface area (Å²) in [5.41, 5.74) is 0.414. The van der Waals surface area contributed by atoms with Gasteiger partial charge in [-0.3, -0.25) is 4.79 Å². The van der Waals surface area contributed by atoms with Crippen LogP contribution in [0.1, 0.15) is 17.4 Å². The van der Waals surface area contributed by atoms with E-state index in [1.165, 1.54) is 23.5 Å². The molecule has 0 aliphatic rings. The van der Waals surface area contributed by atoms with Gasteiger partial charge in [0.05, 0.1) is 12.3 Å².